The molecule has 0 saturated carbocycles. The molecule has 1 heterocycles. The van der Waals surface area contributed by atoms with Crippen LogP contribution in [0.4, 0.5) is 5.69 Å². The Morgan fingerprint density at radius 1 is 1.24 bits per heavy atom. The molecule has 1 atom stereocenters. The quantitative estimate of drug-likeness (QED) is 0.893. The molecule has 0 aliphatic heterocycles. The van der Waals surface area contributed by atoms with Gasteiger partial charge in [0.25, 0.3) is 0 Å². The average Bonchev–Trinajstić information content (AvgIpc) is 2.47. The van der Waals surface area contributed by atoms with Crippen LogP contribution in [0, 0.1) is 25.2 Å². The molecule has 0 radical (unpaired) electrons. The van der Waals surface area contributed by atoms with Gasteiger partial charge < -0.3 is 5.32 Å². The van der Waals surface area contributed by atoms with E-state index in [1.54, 1.807) is 0 Å². The van der Waals surface area contributed by atoms with E-state index in [2.05, 4.69) is 47.6 Å². The van der Waals surface area contributed by atoms with Crippen LogP contribution in [0.2, 0.25) is 0 Å². The topological polar surface area (TPSA) is 48.7 Å². The normalized spacial score (nSPS) is 11.7. The number of hydrogen-bond donors (Lipinski definition) is 1. The lowest BCUT2D eigenvalue weighted by Gasteiger charge is -2.14. The lowest BCUT2D eigenvalue weighted by molar-refractivity contribution is 0.706. The summed E-state index contributed by atoms with van der Waals surface area (Å²) in [6.45, 7) is 6.90. The van der Waals surface area contributed by atoms with Crippen LogP contribution in [0.1, 0.15) is 41.8 Å². The maximum Gasteiger partial charge on any atom is 0.103 e. The SMILES string of the molecule is Cc1cc(NCCC(C)c2ccccc2)c(C#N)c(C)n1. The van der Waals surface area contributed by atoms with Crippen LogP contribution in [-0.4, -0.2) is 11.5 Å². The van der Waals surface area contributed by atoms with E-state index < -0.39 is 0 Å². The summed E-state index contributed by atoms with van der Waals surface area (Å²) in [7, 11) is 0. The van der Waals surface area contributed by atoms with Gasteiger partial charge in [0, 0.05) is 12.2 Å². The third kappa shape index (κ3) is 3.82. The minimum absolute atomic E-state index is 0.494. The Balaban J connectivity index is 2.00. The van der Waals surface area contributed by atoms with E-state index in [0.717, 1.165) is 30.0 Å². The van der Waals surface area contributed by atoms with Gasteiger partial charge >= 0.3 is 0 Å². The number of rotatable bonds is 5. The van der Waals surface area contributed by atoms with Crippen molar-refractivity contribution in [3.8, 4) is 6.07 Å². The minimum Gasteiger partial charge on any atom is -0.384 e. The number of benzene rings is 1. The fourth-order valence-corrected chi connectivity index (χ4v) is 2.48. The first kappa shape index (κ1) is 15.1. The second kappa shape index (κ2) is 6.90. The van der Waals surface area contributed by atoms with Gasteiger partial charge in [0.2, 0.25) is 0 Å². The molecular weight excluding hydrogens is 258 g/mol. The number of nitrogens with zero attached hydrogens (tertiary/aromatic N) is 2. The van der Waals surface area contributed by atoms with Crippen LogP contribution in [0.15, 0.2) is 36.4 Å². The van der Waals surface area contributed by atoms with Crippen molar-refractivity contribution in [1.82, 2.24) is 4.98 Å². The summed E-state index contributed by atoms with van der Waals surface area (Å²) < 4.78 is 0. The molecule has 108 valence electrons. The lowest BCUT2D eigenvalue weighted by Crippen LogP contribution is -2.08. The summed E-state index contributed by atoms with van der Waals surface area (Å²) >= 11 is 0. The van der Waals surface area contributed by atoms with Crippen molar-refractivity contribution in [1.29, 1.82) is 5.26 Å². The second-order valence-corrected chi connectivity index (χ2v) is 5.41. The summed E-state index contributed by atoms with van der Waals surface area (Å²) in [6, 6.07) is 14.7. The highest BCUT2D eigenvalue weighted by molar-refractivity contribution is 5.59. The highest BCUT2D eigenvalue weighted by Gasteiger charge is 2.09. The minimum atomic E-state index is 0.494. The van der Waals surface area contributed by atoms with Gasteiger partial charge in [-0.1, -0.05) is 37.3 Å². The van der Waals surface area contributed by atoms with Crippen molar-refractivity contribution in [2.24, 2.45) is 0 Å². The van der Waals surface area contributed by atoms with E-state index >= 15 is 0 Å². The van der Waals surface area contributed by atoms with Crippen LogP contribution < -0.4 is 5.32 Å². The molecule has 0 fully saturated rings. The van der Waals surface area contributed by atoms with Crippen molar-refractivity contribution in [2.45, 2.75) is 33.1 Å². The van der Waals surface area contributed by atoms with Crippen LogP contribution in [-0.2, 0) is 0 Å². The smallest absolute Gasteiger partial charge is 0.103 e. The molecular formula is C18H21N3. The fourth-order valence-electron chi connectivity index (χ4n) is 2.48. The molecule has 3 heteroatoms. The van der Waals surface area contributed by atoms with E-state index in [9.17, 15) is 5.26 Å². The van der Waals surface area contributed by atoms with Crippen LogP contribution >= 0.6 is 0 Å². The molecule has 1 aromatic carbocycles. The lowest BCUT2D eigenvalue weighted by atomic mass is 9.98. The molecule has 2 rings (SSSR count). The summed E-state index contributed by atoms with van der Waals surface area (Å²) in [5.41, 5.74) is 4.61. The van der Waals surface area contributed by atoms with Crippen molar-refractivity contribution >= 4 is 5.69 Å². The Kier molecular flexibility index (Phi) is 4.94. The predicted molar refractivity (Wildman–Crippen MR) is 86.4 cm³/mol. The maximum atomic E-state index is 9.25. The zero-order valence-corrected chi connectivity index (χ0v) is 12.9. The van der Waals surface area contributed by atoms with Gasteiger partial charge in [-0.15, -0.1) is 0 Å². The van der Waals surface area contributed by atoms with Crippen LogP contribution in [0.25, 0.3) is 0 Å². The molecule has 1 aromatic heterocycles. The molecule has 0 aliphatic carbocycles. The molecule has 0 spiro atoms. The highest BCUT2D eigenvalue weighted by Crippen LogP contribution is 2.21. The average molecular weight is 279 g/mol. The second-order valence-electron chi connectivity index (χ2n) is 5.41. The van der Waals surface area contributed by atoms with E-state index in [4.69, 9.17) is 0 Å². The Hall–Kier alpha value is -2.34. The fraction of sp³-hybridized carbons (Fsp3) is 0.333. The molecule has 0 saturated heterocycles. The zero-order valence-electron chi connectivity index (χ0n) is 12.9. The number of aryl methyl sites for hydroxylation is 2. The first-order valence-electron chi connectivity index (χ1n) is 7.29. The number of nitriles is 1. The van der Waals surface area contributed by atoms with Gasteiger partial charge in [-0.25, -0.2) is 0 Å². The number of nitrogens with one attached hydrogen (secondary N) is 1. The number of hydrogen-bond acceptors (Lipinski definition) is 3. The van der Waals surface area contributed by atoms with Crippen molar-refractivity contribution < 1.29 is 0 Å². The number of aromatic nitrogens is 1. The summed E-state index contributed by atoms with van der Waals surface area (Å²) in [4.78, 5) is 4.33. The monoisotopic (exact) mass is 279 g/mol. The molecule has 3 nitrogen and oxygen atoms in total. The third-order valence-electron chi connectivity index (χ3n) is 3.70. The molecule has 1 N–H and O–H groups in total. The zero-order chi connectivity index (χ0) is 15.2. The summed E-state index contributed by atoms with van der Waals surface area (Å²) in [6.07, 6.45) is 1.02. The molecule has 1 unspecified atom stereocenters. The van der Waals surface area contributed by atoms with E-state index in [1.807, 2.05) is 26.0 Å². The van der Waals surface area contributed by atoms with Gasteiger partial charge in [0.15, 0.2) is 0 Å². The molecule has 0 aliphatic rings. The predicted octanol–water partition coefficient (Wildman–Crippen LogP) is 4.18. The van der Waals surface area contributed by atoms with E-state index in [1.165, 1.54) is 5.56 Å². The molecule has 0 amide bonds. The number of pyridine rings is 1. The van der Waals surface area contributed by atoms with Crippen molar-refractivity contribution in [3.63, 3.8) is 0 Å². The standard InChI is InChI=1S/C18H21N3/c1-13(16-7-5-4-6-8-16)9-10-20-18-11-14(2)21-15(3)17(18)12-19/h4-8,11,13H,9-10H2,1-3H3,(H,20,21). The number of anilines is 1. The van der Waals surface area contributed by atoms with Gasteiger partial charge in [0.1, 0.15) is 6.07 Å². The Labute approximate surface area is 126 Å². The van der Waals surface area contributed by atoms with Crippen molar-refractivity contribution in [2.75, 3.05) is 11.9 Å². The van der Waals surface area contributed by atoms with E-state index in [0.29, 0.717) is 11.5 Å². The summed E-state index contributed by atoms with van der Waals surface area (Å²) in [5.74, 6) is 0.494. The third-order valence-corrected chi connectivity index (χ3v) is 3.70. The Bertz CT molecular complexity index is 642. The molecule has 21 heavy (non-hydrogen) atoms. The van der Waals surface area contributed by atoms with E-state index in [-0.39, 0.29) is 0 Å². The van der Waals surface area contributed by atoms with Gasteiger partial charge in [-0.2, -0.15) is 5.26 Å². The molecule has 2 aromatic rings. The van der Waals surface area contributed by atoms with Crippen molar-refractivity contribution in [3.05, 3.63) is 58.9 Å². The Morgan fingerprint density at radius 2 is 1.95 bits per heavy atom. The molecule has 0 bridgehead atoms. The van der Waals surface area contributed by atoms with Crippen LogP contribution in [0.5, 0.6) is 0 Å². The summed E-state index contributed by atoms with van der Waals surface area (Å²) in [5, 5.41) is 12.6. The van der Waals surface area contributed by atoms with Gasteiger partial charge in [-0.3, -0.25) is 4.98 Å². The first-order chi connectivity index (χ1) is 10.1. The van der Waals surface area contributed by atoms with Crippen LogP contribution in [0.3, 0.4) is 0 Å². The maximum absolute atomic E-state index is 9.25. The van der Waals surface area contributed by atoms with Gasteiger partial charge in [0.05, 0.1) is 16.9 Å². The highest BCUT2D eigenvalue weighted by atomic mass is 14.9. The Morgan fingerprint density at radius 3 is 2.62 bits per heavy atom. The largest absolute Gasteiger partial charge is 0.384 e. The first-order valence-corrected chi connectivity index (χ1v) is 7.29. The van der Waals surface area contributed by atoms with Gasteiger partial charge in [-0.05, 0) is 37.8 Å².